The van der Waals surface area contributed by atoms with Crippen molar-refractivity contribution >= 4 is 23.0 Å². The molecule has 1 amide bonds. The number of nitrogens with one attached hydrogen (secondary N) is 2. The maximum absolute atomic E-state index is 11.3. The van der Waals surface area contributed by atoms with Gasteiger partial charge in [-0.1, -0.05) is 13.8 Å². The highest BCUT2D eigenvalue weighted by Crippen LogP contribution is 2.51. The van der Waals surface area contributed by atoms with Gasteiger partial charge < -0.3 is 15.4 Å². The van der Waals surface area contributed by atoms with E-state index in [0.717, 1.165) is 6.42 Å². The summed E-state index contributed by atoms with van der Waals surface area (Å²) in [4.78, 5) is 22.1. The fourth-order valence-corrected chi connectivity index (χ4v) is 2.57. The third-order valence-corrected chi connectivity index (χ3v) is 4.18. The number of benzene rings is 1. The van der Waals surface area contributed by atoms with Crippen LogP contribution in [0.1, 0.15) is 20.3 Å². The van der Waals surface area contributed by atoms with Crippen LogP contribution < -0.4 is 15.4 Å². The van der Waals surface area contributed by atoms with E-state index in [1.165, 1.54) is 6.07 Å². The van der Waals surface area contributed by atoms with Crippen molar-refractivity contribution in [2.24, 2.45) is 11.3 Å². The molecule has 1 aromatic carbocycles. The first-order chi connectivity index (χ1) is 9.87. The number of nitrogens with zero attached hydrogens (tertiary/aromatic N) is 1. The second-order valence-electron chi connectivity index (χ2n) is 6.23. The zero-order valence-corrected chi connectivity index (χ0v) is 11.9. The highest BCUT2D eigenvalue weighted by molar-refractivity contribution is 5.96. The Kier molecular flexibility index (Phi) is 3.00. The number of hydrogen-bond donors (Lipinski definition) is 2. The van der Waals surface area contributed by atoms with E-state index in [9.17, 15) is 14.9 Å². The lowest BCUT2D eigenvalue weighted by molar-refractivity contribution is -0.384. The third kappa shape index (κ3) is 2.63. The highest BCUT2D eigenvalue weighted by Gasteiger charge is 2.45. The van der Waals surface area contributed by atoms with Gasteiger partial charge in [-0.3, -0.25) is 14.9 Å². The molecule has 0 spiro atoms. The Bertz CT molecular complexity index is 627. The van der Waals surface area contributed by atoms with Crippen LogP contribution in [-0.2, 0) is 4.79 Å². The van der Waals surface area contributed by atoms with Gasteiger partial charge in [-0.15, -0.1) is 0 Å². The summed E-state index contributed by atoms with van der Waals surface area (Å²) in [6.45, 7) is 4.91. The molecule has 2 N–H and O–H groups in total. The summed E-state index contributed by atoms with van der Waals surface area (Å²) in [5.74, 6) is 0.586. The maximum atomic E-state index is 11.3. The molecular weight excluding hydrogens is 274 g/mol. The van der Waals surface area contributed by atoms with Crippen LogP contribution in [0.2, 0.25) is 0 Å². The lowest BCUT2D eigenvalue weighted by Crippen LogP contribution is -2.25. The molecule has 21 heavy (non-hydrogen) atoms. The second-order valence-corrected chi connectivity index (χ2v) is 6.23. The molecule has 2 aliphatic rings. The number of carbonyl (C=O) groups is 1. The smallest absolute Gasteiger partial charge is 0.296 e. The summed E-state index contributed by atoms with van der Waals surface area (Å²) < 4.78 is 5.21. The van der Waals surface area contributed by atoms with Crippen LogP contribution in [0.25, 0.3) is 0 Å². The van der Waals surface area contributed by atoms with Gasteiger partial charge in [-0.05, 0) is 23.8 Å². The molecular formula is C14H17N3O4. The molecule has 1 fully saturated rings. The molecule has 1 aromatic rings. The van der Waals surface area contributed by atoms with Gasteiger partial charge in [0.25, 0.3) is 11.6 Å². The number of carbonyl (C=O) groups excluding carboxylic acids is 1. The van der Waals surface area contributed by atoms with Gasteiger partial charge in [0.1, 0.15) is 5.69 Å². The molecule has 7 nitrogen and oxygen atoms in total. The Balaban J connectivity index is 1.85. The number of rotatable bonds is 4. The van der Waals surface area contributed by atoms with Crippen molar-refractivity contribution in [3.05, 3.63) is 22.2 Å². The zero-order valence-electron chi connectivity index (χ0n) is 11.9. The Hall–Kier alpha value is -2.31. The number of hydrogen-bond acceptors (Lipinski definition) is 5. The predicted molar refractivity (Wildman–Crippen MR) is 77.6 cm³/mol. The largest absolute Gasteiger partial charge is 0.481 e. The van der Waals surface area contributed by atoms with Gasteiger partial charge in [-0.25, -0.2) is 0 Å². The van der Waals surface area contributed by atoms with Crippen molar-refractivity contribution in [2.45, 2.75) is 20.3 Å². The van der Waals surface area contributed by atoms with Gasteiger partial charge in [-0.2, -0.15) is 0 Å². The van der Waals surface area contributed by atoms with E-state index in [1.54, 1.807) is 6.07 Å². The van der Waals surface area contributed by atoms with Crippen molar-refractivity contribution in [1.29, 1.82) is 0 Å². The van der Waals surface area contributed by atoms with Gasteiger partial charge >= 0.3 is 0 Å². The molecule has 1 heterocycles. The first-order valence-electron chi connectivity index (χ1n) is 6.86. The average molecular weight is 291 g/mol. The van der Waals surface area contributed by atoms with Crippen molar-refractivity contribution < 1.29 is 14.5 Å². The lowest BCUT2D eigenvalue weighted by atomic mass is 10.1. The van der Waals surface area contributed by atoms with E-state index in [-0.39, 0.29) is 18.2 Å². The minimum Gasteiger partial charge on any atom is -0.481 e. The fourth-order valence-electron chi connectivity index (χ4n) is 2.57. The van der Waals surface area contributed by atoms with Gasteiger partial charge in [0.2, 0.25) is 0 Å². The van der Waals surface area contributed by atoms with E-state index >= 15 is 0 Å². The molecule has 1 unspecified atom stereocenters. The van der Waals surface area contributed by atoms with Crippen LogP contribution in [0.5, 0.6) is 5.75 Å². The molecule has 0 aromatic heterocycles. The summed E-state index contributed by atoms with van der Waals surface area (Å²) >= 11 is 0. The third-order valence-electron chi connectivity index (χ3n) is 4.18. The van der Waals surface area contributed by atoms with Gasteiger partial charge in [0, 0.05) is 6.54 Å². The van der Waals surface area contributed by atoms with Crippen LogP contribution in [0.15, 0.2) is 12.1 Å². The second kappa shape index (κ2) is 4.61. The molecule has 7 heteroatoms. The summed E-state index contributed by atoms with van der Waals surface area (Å²) in [6.07, 6.45) is 1.11. The first-order valence-corrected chi connectivity index (χ1v) is 6.86. The molecule has 1 atom stereocenters. The molecule has 1 aliphatic heterocycles. The molecule has 0 radical (unpaired) electrons. The maximum Gasteiger partial charge on any atom is 0.296 e. The normalized spacial score (nSPS) is 21.8. The summed E-state index contributed by atoms with van der Waals surface area (Å²) in [5.41, 5.74) is 1.14. The van der Waals surface area contributed by atoms with Crippen LogP contribution in [0.3, 0.4) is 0 Å². The number of fused-ring (bicyclic) bond motifs is 1. The number of nitro groups is 1. The van der Waals surface area contributed by atoms with Crippen molar-refractivity contribution in [3.63, 3.8) is 0 Å². The number of ether oxygens (including phenoxy) is 1. The summed E-state index contributed by atoms with van der Waals surface area (Å²) in [6, 6.07) is 2.93. The molecule has 0 bridgehead atoms. The van der Waals surface area contributed by atoms with E-state index in [2.05, 4.69) is 24.5 Å². The van der Waals surface area contributed by atoms with E-state index < -0.39 is 4.92 Å². The van der Waals surface area contributed by atoms with Crippen molar-refractivity contribution in [1.82, 2.24) is 0 Å². The van der Waals surface area contributed by atoms with E-state index in [4.69, 9.17) is 4.74 Å². The van der Waals surface area contributed by atoms with E-state index in [0.29, 0.717) is 35.0 Å². The fraction of sp³-hybridized carbons (Fsp3) is 0.500. The molecule has 1 aliphatic carbocycles. The number of anilines is 2. The van der Waals surface area contributed by atoms with E-state index in [1.807, 2.05) is 0 Å². The quantitative estimate of drug-likeness (QED) is 0.656. The molecule has 112 valence electrons. The summed E-state index contributed by atoms with van der Waals surface area (Å²) in [7, 11) is 0. The highest BCUT2D eigenvalue weighted by atomic mass is 16.6. The Labute approximate surface area is 121 Å². The summed E-state index contributed by atoms with van der Waals surface area (Å²) in [5, 5.41) is 17.0. The lowest BCUT2D eigenvalue weighted by Gasteiger charge is -2.19. The van der Waals surface area contributed by atoms with Crippen LogP contribution >= 0.6 is 0 Å². The predicted octanol–water partition coefficient (Wildman–Crippen LogP) is 2.38. The van der Waals surface area contributed by atoms with Gasteiger partial charge in [0.05, 0.1) is 16.7 Å². The van der Waals surface area contributed by atoms with Crippen LogP contribution in [0.4, 0.5) is 17.1 Å². The minimum absolute atomic E-state index is 0.0386. The Morgan fingerprint density at radius 2 is 2.24 bits per heavy atom. The monoisotopic (exact) mass is 291 g/mol. The average Bonchev–Trinajstić information content (AvgIpc) is 3.02. The molecule has 3 rings (SSSR count). The van der Waals surface area contributed by atoms with Crippen molar-refractivity contribution in [2.75, 3.05) is 23.8 Å². The molecule has 0 saturated heterocycles. The SMILES string of the molecule is CC1(C)CC1CNc1cc2c(cc1[N+](=O)[O-])OCC(=O)N2. The zero-order chi connectivity index (χ0) is 15.2. The first kappa shape index (κ1) is 13.7. The Morgan fingerprint density at radius 3 is 2.86 bits per heavy atom. The topological polar surface area (TPSA) is 93.5 Å². The number of nitro benzene ring substituents is 1. The minimum atomic E-state index is -0.444. The standard InChI is InChI=1S/C14H17N3O4/c1-14(2)5-8(14)6-15-9-3-10-12(4-11(9)17(19)20)21-7-13(18)16-10/h3-4,8,15H,5-7H2,1-2H3,(H,16,18). The van der Waals surface area contributed by atoms with Crippen LogP contribution in [-0.4, -0.2) is 24.0 Å². The van der Waals surface area contributed by atoms with Crippen molar-refractivity contribution in [3.8, 4) is 5.75 Å². The van der Waals surface area contributed by atoms with Gasteiger partial charge in [0.15, 0.2) is 12.4 Å². The molecule has 1 saturated carbocycles. The Morgan fingerprint density at radius 1 is 1.52 bits per heavy atom. The van der Waals surface area contributed by atoms with Crippen LogP contribution in [0, 0.1) is 21.4 Å². The number of amides is 1.